The first-order valence-electron chi connectivity index (χ1n) is 4.81. The van der Waals surface area contributed by atoms with Gasteiger partial charge in [0.15, 0.2) is 0 Å². The van der Waals surface area contributed by atoms with E-state index in [0.29, 0.717) is 0 Å². The summed E-state index contributed by atoms with van der Waals surface area (Å²) < 4.78 is 1.18. The lowest BCUT2D eigenvalue weighted by Gasteiger charge is -2.08. The molecular weight excluding hydrogens is 206 g/mol. The van der Waals surface area contributed by atoms with Crippen LogP contribution in [0, 0.1) is 6.92 Å². The Balaban J connectivity index is 2.63. The maximum Gasteiger partial charge on any atom is 0.263 e. The Morgan fingerprint density at radius 2 is 1.93 bits per heavy atom. The van der Waals surface area contributed by atoms with Crippen LogP contribution in [-0.2, 0) is 0 Å². The Bertz CT molecular complexity index is 513. The third-order valence-electron chi connectivity index (χ3n) is 2.44. The van der Waals surface area contributed by atoms with Crippen molar-refractivity contribution in [3.63, 3.8) is 0 Å². The quantitative estimate of drug-likeness (QED) is 0.722. The van der Waals surface area contributed by atoms with Crippen LogP contribution in [0.25, 0.3) is 10.1 Å². The van der Waals surface area contributed by atoms with Gasteiger partial charge in [0, 0.05) is 18.8 Å². The van der Waals surface area contributed by atoms with Crippen molar-refractivity contribution in [3.05, 3.63) is 34.7 Å². The van der Waals surface area contributed by atoms with Gasteiger partial charge in [0.2, 0.25) is 0 Å². The Morgan fingerprint density at radius 1 is 1.27 bits per heavy atom. The molecule has 0 aliphatic carbocycles. The summed E-state index contributed by atoms with van der Waals surface area (Å²) in [6.07, 6.45) is 0. The first-order valence-corrected chi connectivity index (χ1v) is 5.62. The van der Waals surface area contributed by atoms with E-state index in [2.05, 4.69) is 12.1 Å². The molecule has 1 aromatic carbocycles. The van der Waals surface area contributed by atoms with Crippen molar-refractivity contribution < 1.29 is 4.79 Å². The third kappa shape index (κ3) is 1.63. The van der Waals surface area contributed by atoms with Gasteiger partial charge in [-0.15, -0.1) is 11.3 Å². The molecule has 78 valence electrons. The molecule has 2 rings (SSSR count). The highest BCUT2D eigenvalue weighted by Crippen LogP contribution is 2.30. The summed E-state index contributed by atoms with van der Waals surface area (Å²) >= 11 is 1.57. The van der Waals surface area contributed by atoms with Crippen molar-refractivity contribution in [1.29, 1.82) is 0 Å². The summed E-state index contributed by atoms with van der Waals surface area (Å²) in [4.78, 5) is 14.3. The van der Waals surface area contributed by atoms with Crippen LogP contribution in [0.2, 0.25) is 0 Å². The van der Waals surface area contributed by atoms with Crippen LogP contribution in [0.4, 0.5) is 0 Å². The fourth-order valence-corrected chi connectivity index (χ4v) is 2.81. The molecule has 0 atom stereocenters. The molecule has 1 aromatic heterocycles. The minimum absolute atomic E-state index is 0.0914. The standard InChI is InChI=1S/C12H13NOS/c1-8-9-6-4-5-7-10(9)15-11(8)12(14)13(2)3/h4-7H,1-3H3. The van der Waals surface area contributed by atoms with E-state index in [0.717, 1.165) is 10.4 Å². The van der Waals surface area contributed by atoms with Crippen molar-refractivity contribution >= 4 is 27.3 Å². The number of fused-ring (bicyclic) bond motifs is 1. The molecule has 0 saturated carbocycles. The molecule has 0 spiro atoms. The van der Waals surface area contributed by atoms with Gasteiger partial charge in [-0.25, -0.2) is 0 Å². The lowest BCUT2D eigenvalue weighted by Crippen LogP contribution is -2.21. The Kier molecular flexibility index (Phi) is 2.49. The average Bonchev–Trinajstić information content (AvgIpc) is 2.56. The van der Waals surface area contributed by atoms with E-state index in [4.69, 9.17) is 0 Å². The molecule has 0 bridgehead atoms. The summed E-state index contributed by atoms with van der Waals surface area (Å²) in [6.45, 7) is 2.01. The fourth-order valence-electron chi connectivity index (χ4n) is 1.58. The zero-order chi connectivity index (χ0) is 11.0. The van der Waals surface area contributed by atoms with Crippen molar-refractivity contribution in [2.75, 3.05) is 14.1 Å². The third-order valence-corrected chi connectivity index (χ3v) is 3.70. The SMILES string of the molecule is Cc1c(C(=O)N(C)C)sc2ccccc12. The predicted molar refractivity (Wildman–Crippen MR) is 64.6 cm³/mol. The van der Waals surface area contributed by atoms with Crippen LogP contribution >= 0.6 is 11.3 Å². The summed E-state index contributed by atoms with van der Waals surface area (Å²) in [5.41, 5.74) is 1.09. The topological polar surface area (TPSA) is 20.3 Å². The lowest BCUT2D eigenvalue weighted by molar-refractivity contribution is 0.0831. The van der Waals surface area contributed by atoms with Crippen molar-refractivity contribution in [1.82, 2.24) is 4.90 Å². The minimum Gasteiger partial charge on any atom is -0.344 e. The first-order chi connectivity index (χ1) is 7.11. The summed E-state index contributed by atoms with van der Waals surface area (Å²) in [7, 11) is 3.57. The molecule has 1 amide bonds. The molecule has 0 fully saturated rings. The predicted octanol–water partition coefficient (Wildman–Crippen LogP) is 2.91. The van der Waals surface area contributed by atoms with Crippen molar-refractivity contribution in [2.24, 2.45) is 0 Å². The Hall–Kier alpha value is -1.35. The molecule has 3 heteroatoms. The van der Waals surface area contributed by atoms with E-state index >= 15 is 0 Å². The van der Waals surface area contributed by atoms with Crippen LogP contribution in [-0.4, -0.2) is 24.9 Å². The van der Waals surface area contributed by atoms with E-state index < -0.39 is 0 Å². The van der Waals surface area contributed by atoms with Crippen LogP contribution in [0.15, 0.2) is 24.3 Å². The van der Waals surface area contributed by atoms with Gasteiger partial charge in [-0.05, 0) is 23.9 Å². The number of thiophene rings is 1. The van der Waals surface area contributed by atoms with Gasteiger partial charge in [-0.1, -0.05) is 18.2 Å². The number of rotatable bonds is 1. The van der Waals surface area contributed by atoms with Gasteiger partial charge < -0.3 is 4.90 Å². The summed E-state index contributed by atoms with van der Waals surface area (Å²) in [5.74, 6) is 0.0914. The number of nitrogens with zero attached hydrogens (tertiary/aromatic N) is 1. The first kappa shape index (κ1) is 10.2. The molecule has 0 saturated heterocycles. The summed E-state index contributed by atoms with van der Waals surface area (Å²) in [5, 5.41) is 1.19. The van der Waals surface area contributed by atoms with Crippen LogP contribution in [0.5, 0.6) is 0 Å². The van der Waals surface area contributed by atoms with Crippen LogP contribution in [0.3, 0.4) is 0 Å². The van der Waals surface area contributed by atoms with Crippen LogP contribution < -0.4 is 0 Å². The fraction of sp³-hybridized carbons (Fsp3) is 0.250. The Morgan fingerprint density at radius 3 is 2.53 bits per heavy atom. The second kappa shape index (κ2) is 3.66. The van der Waals surface area contributed by atoms with E-state index in [-0.39, 0.29) is 5.91 Å². The van der Waals surface area contributed by atoms with Gasteiger partial charge in [0.1, 0.15) is 0 Å². The van der Waals surface area contributed by atoms with Crippen molar-refractivity contribution in [3.8, 4) is 0 Å². The molecule has 1 heterocycles. The molecule has 2 nitrogen and oxygen atoms in total. The zero-order valence-electron chi connectivity index (χ0n) is 9.07. The molecule has 0 radical (unpaired) electrons. The number of hydrogen-bond acceptors (Lipinski definition) is 2. The zero-order valence-corrected chi connectivity index (χ0v) is 9.89. The molecule has 15 heavy (non-hydrogen) atoms. The molecule has 2 aromatic rings. The molecular formula is C12H13NOS. The van der Waals surface area contributed by atoms with Gasteiger partial charge in [-0.2, -0.15) is 0 Å². The monoisotopic (exact) mass is 219 g/mol. The largest absolute Gasteiger partial charge is 0.344 e. The van der Waals surface area contributed by atoms with E-state index in [1.54, 1.807) is 30.3 Å². The number of benzene rings is 1. The lowest BCUT2D eigenvalue weighted by atomic mass is 10.1. The average molecular weight is 219 g/mol. The van der Waals surface area contributed by atoms with Crippen molar-refractivity contribution in [2.45, 2.75) is 6.92 Å². The molecule has 0 N–H and O–H groups in total. The number of carbonyl (C=O) groups is 1. The van der Waals surface area contributed by atoms with Gasteiger partial charge in [0.25, 0.3) is 5.91 Å². The summed E-state index contributed by atoms with van der Waals surface area (Å²) in [6, 6.07) is 8.13. The second-order valence-corrected chi connectivity index (χ2v) is 4.80. The number of hydrogen-bond donors (Lipinski definition) is 0. The van der Waals surface area contributed by atoms with Gasteiger partial charge >= 0.3 is 0 Å². The maximum absolute atomic E-state index is 11.9. The van der Waals surface area contributed by atoms with E-state index in [9.17, 15) is 4.79 Å². The maximum atomic E-state index is 11.9. The van der Waals surface area contributed by atoms with Gasteiger partial charge in [-0.3, -0.25) is 4.79 Å². The number of carbonyl (C=O) groups excluding carboxylic acids is 1. The Labute approximate surface area is 93.1 Å². The smallest absolute Gasteiger partial charge is 0.263 e. The van der Waals surface area contributed by atoms with Gasteiger partial charge in [0.05, 0.1) is 4.88 Å². The molecule has 0 aliphatic rings. The van der Waals surface area contributed by atoms with E-state index in [1.807, 2.05) is 19.1 Å². The second-order valence-electron chi connectivity index (χ2n) is 3.75. The number of aryl methyl sites for hydroxylation is 1. The highest BCUT2D eigenvalue weighted by Gasteiger charge is 2.16. The number of amides is 1. The normalized spacial score (nSPS) is 10.6. The minimum atomic E-state index is 0.0914. The highest BCUT2D eigenvalue weighted by molar-refractivity contribution is 7.21. The molecule has 0 unspecified atom stereocenters. The van der Waals surface area contributed by atoms with E-state index in [1.165, 1.54) is 10.1 Å². The highest BCUT2D eigenvalue weighted by atomic mass is 32.1. The molecule has 0 aliphatic heterocycles. The van der Waals surface area contributed by atoms with Crippen LogP contribution in [0.1, 0.15) is 15.2 Å².